The molecule has 0 fully saturated rings. The molecule has 0 spiro atoms. The summed E-state index contributed by atoms with van der Waals surface area (Å²) in [4.78, 5) is 25.5. The molecule has 0 saturated carbocycles. The number of aliphatic hydroxyl groups is 1. The molecule has 1 atom stereocenters. The van der Waals surface area contributed by atoms with Gasteiger partial charge in [0.2, 0.25) is 5.91 Å². The largest absolute Gasteiger partial charge is 0.385 e. The number of nitrogens with one attached hydrogen (secondary N) is 1. The zero-order valence-electron chi connectivity index (χ0n) is 14.8. The molecule has 2 aromatic carbocycles. The van der Waals surface area contributed by atoms with Crippen molar-refractivity contribution in [2.75, 3.05) is 14.1 Å². The fraction of sp³-hybridized carbons (Fsp3) is 0.300. The van der Waals surface area contributed by atoms with Crippen LogP contribution in [0, 0.1) is 0 Å². The zero-order chi connectivity index (χ0) is 18.4. The van der Waals surface area contributed by atoms with Gasteiger partial charge in [-0.05, 0) is 30.2 Å². The Hall–Kier alpha value is -2.66. The van der Waals surface area contributed by atoms with E-state index in [9.17, 15) is 14.7 Å². The van der Waals surface area contributed by atoms with Gasteiger partial charge in [0, 0.05) is 26.2 Å². The van der Waals surface area contributed by atoms with E-state index in [4.69, 9.17) is 0 Å². The molecule has 0 saturated heterocycles. The van der Waals surface area contributed by atoms with E-state index in [1.165, 1.54) is 4.90 Å². The molecule has 2 rings (SSSR count). The maximum Gasteiger partial charge on any atom is 0.253 e. The molecule has 0 aliphatic heterocycles. The summed E-state index contributed by atoms with van der Waals surface area (Å²) in [5.74, 6) is -0.295. The first-order valence-electron chi connectivity index (χ1n) is 8.15. The van der Waals surface area contributed by atoms with Crippen LogP contribution in [0.5, 0.6) is 0 Å². The van der Waals surface area contributed by atoms with Crippen LogP contribution in [-0.2, 0) is 16.9 Å². The molecule has 1 unspecified atom stereocenters. The van der Waals surface area contributed by atoms with Crippen LogP contribution in [0.2, 0.25) is 0 Å². The van der Waals surface area contributed by atoms with Gasteiger partial charge in [-0.2, -0.15) is 0 Å². The Morgan fingerprint density at radius 3 is 2.20 bits per heavy atom. The topological polar surface area (TPSA) is 69.6 Å². The van der Waals surface area contributed by atoms with Crippen molar-refractivity contribution in [1.82, 2.24) is 10.2 Å². The molecule has 0 bridgehead atoms. The first kappa shape index (κ1) is 18.7. The van der Waals surface area contributed by atoms with Crippen molar-refractivity contribution in [2.24, 2.45) is 0 Å². The Bertz CT molecular complexity index is 722. The highest BCUT2D eigenvalue weighted by Crippen LogP contribution is 2.23. The van der Waals surface area contributed by atoms with Crippen molar-refractivity contribution >= 4 is 11.8 Å². The molecular weight excluding hydrogens is 316 g/mol. The third-order valence-corrected chi connectivity index (χ3v) is 4.00. The predicted octanol–water partition coefficient (Wildman–Crippen LogP) is 2.30. The number of nitrogens with zero attached hydrogens (tertiary/aromatic N) is 1. The van der Waals surface area contributed by atoms with Gasteiger partial charge < -0.3 is 15.3 Å². The van der Waals surface area contributed by atoms with Gasteiger partial charge in [-0.3, -0.25) is 9.59 Å². The monoisotopic (exact) mass is 340 g/mol. The number of carbonyl (C=O) groups excluding carboxylic acids is 2. The van der Waals surface area contributed by atoms with Crippen LogP contribution >= 0.6 is 0 Å². The molecule has 0 aliphatic rings. The molecule has 0 heterocycles. The van der Waals surface area contributed by atoms with Crippen LogP contribution in [0.1, 0.15) is 34.8 Å². The quantitative estimate of drug-likeness (QED) is 0.848. The molecule has 2 amide bonds. The van der Waals surface area contributed by atoms with E-state index in [-0.39, 0.29) is 18.2 Å². The van der Waals surface area contributed by atoms with Crippen LogP contribution in [0.4, 0.5) is 0 Å². The highest BCUT2D eigenvalue weighted by Gasteiger charge is 2.26. The van der Waals surface area contributed by atoms with Crippen molar-refractivity contribution in [3.8, 4) is 0 Å². The summed E-state index contributed by atoms with van der Waals surface area (Å²) >= 11 is 0. The average molecular weight is 340 g/mol. The Balaban J connectivity index is 1.91. The summed E-state index contributed by atoms with van der Waals surface area (Å²) in [6.45, 7) is 1.98. The van der Waals surface area contributed by atoms with Gasteiger partial charge in [0.05, 0.1) is 12.0 Å². The third-order valence-electron chi connectivity index (χ3n) is 4.00. The highest BCUT2D eigenvalue weighted by molar-refractivity contribution is 5.93. The fourth-order valence-electron chi connectivity index (χ4n) is 2.50. The van der Waals surface area contributed by atoms with Crippen LogP contribution in [-0.4, -0.2) is 35.9 Å². The SMILES string of the molecule is CN(C)C(=O)c1ccc(CNC(=O)CC(C)(O)c2ccccc2)cc1. The molecule has 0 aliphatic carbocycles. The summed E-state index contributed by atoms with van der Waals surface area (Å²) in [5.41, 5.74) is 0.986. The van der Waals surface area contributed by atoms with E-state index >= 15 is 0 Å². The molecule has 132 valence electrons. The van der Waals surface area contributed by atoms with Crippen LogP contribution < -0.4 is 5.32 Å². The summed E-state index contributed by atoms with van der Waals surface area (Å²) in [6, 6.07) is 16.2. The lowest BCUT2D eigenvalue weighted by Gasteiger charge is -2.23. The van der Waals surface area contributed by atoms with Gasteiger partial charge >= 0.3 is 0 Å². The molecule has 25 heavy (non-hydrogen) atoms. The van der Waals surface area contributed by atoms with E-state index in [1.807, 2.05) is 30.3 Å². The van der Waals surface area contributed by atoms with Gasteiger partial charge in [0.1, 0.15) is 0 Å². The molecule has 0 radical (unpaired) electrons. The Kier molecular flexibility index (Phi) is 5.93. The summed E-state index contributed by atoms with van der Waals surface area (Å²) in [7, 11) is 3.41. The number of amides is 2. The second kappa shape index (κ2) is 7.94. The van der Waals surface area contributed by atoms with Crippen molar-refractivity contribution in [3.63, 3.8) is 0 Å². The van der Waals surface area contributed by atoms with E-state index in [2.05, 4.69) is 5.32 Å². The summed E-state index contributed by atoms with van der Waals surface area (Å²) < 4.78 is 0. The maximum absolute atomic E-state index is 12.1. The van der Waals surface area contributed by atoms with E-state index < -0.39 is 5.60 Å². The number of carbonyl (C=O) groups is 2. The minimum Gasteiger partial charge on any atom is -0.385 e. The van der Waals surface area contributed by atoms with Crippen LogP contribution in [0.3, 0.4) is 0 Å². The normalized spacial score (nSPS) is 13.0. The number of hydrogen-bond donors (Lipinski definition) is 2. The average Bonchev–Trinajstić information content (AvgIpc) is 2.60. The third kappa shape index (κ3) is 5.16. The van der Waals surface area contributed by atoms with Gasteiger partial charge in [-0.25, -0.2) is 0 Å². The second-order valence-corrected chi connectivity index (χ2v) is 6.49. The molecule has 0 aromatic heterocycles. The summed E-state index contributed by atoms with van der Waals surface area (Å²) in [5, 5.41) is 13.3. The lowest BCUT2D eigenvalue weighted by molar-refractivity contribution is -0.126. The minimum atomic E-state index is -1.21. The van der Waals surface area contributed by atoms with E-state index in [1.54, 1.807) is 45.3 Å². The Labute approximate surface area is 148 Å². The highest BCUT2D eigenvalue weighted by atomic mass is 16.3. The fourth-order valence-corrected chi connectivity index (χ4v) is 2.50. The van der Waals surface area contributed by atoms with Crippen molar-refractivity contribution in [2.45, 2.75) is 25.5 Å². The predicted molar refractivity (Wildman–Crippen MR) is 96.9 cm³/mol. The first-order valence-corrected chi connectivity index (χ1v) is 8.15. The van der Waals surface area contributed by atoms with Crippen LogP contribution in [0.15, 0.2) is 54.6 Å². The van der Waals surface area contributed by atoms with E-state index in [0.29, 0.717) is 17.7 Å². The number of hydrogen-bond acceptors (Lipinski definition) is 3. The van der Waals surface area contributed by atoms with Gasteiger partial charge in [0.15, 0.2) is 0 Å². The van der Waals surface area contributed by atoms with Gasteiger partial charge in [0.25, 0.3) is 5.91 Å². The van der Waals surface area contributed by atoms with Crippen LogP contribution in [0.25, 0.3) is 0 Å². The minimum absolute atomic E-state index is 0.0196. The standard InChI is InChI=1S/C20H24N2O3/c1-20(25,17-7-5-4-6-8-17)13-18(23)21-14-15-9-11-16(12-10-15)19(24)22(2)3/h4-12,25H,13-14H2,1-3H3,(H,21,23). The molecule has 2 aromatic rings. The van der Waals surface area contributed by atoms with Crippen molar-refractivity contribution in [1.29, 1.82) is 0 Å². The lowest BCUT2D eigenvalue weighted by atomic mass is 9.92. The zero-order valence-corrected chi connectivity index (χ0v) is 14.8. The van der Waals surface area contributed by atoms with Gasteiger partial charge in [-0.1, -0.05) is 42.5 Å². The molecule has 5 nitrogen and oxygen atoms in total. The number of rotatable bonds is 6. The molecule has 5 heteroatoms. The Morgan fingerprint density at radius 1 is 1.04 bits per heavy atom. The van der Waals surface area contributed by atoms with Crippen molar-refractivity contribution < 1.29 is 14.7 Å². The summed E-state index contributed by atoms with van der Waals surface area (Å²) in [6.07, 6.45) is -0.0196. The molecular formula is C20H24N2O3. The smallest absolute Gasteiger partial charge is 0.253 e. The van der Waals surface area contributed by atoms with Crippen molar-refractivity contribution in [3.05, 3.63) is 71.3 Å². The number of benzene rings is 2. The lowest BCUT2D eigenvalue weighted by Crippen LogP contribution is -2.32. The maximum atomic E-state index is 12.1. The Morgan fingerprint density at radius 2 is 1.64 bits per heavy atom. The van der Waals surface area contributed by atoms with Gasteiger partial charge in [-0.15, -0.1) is 0 Å². The first-order chi connectivity index (χ1) is 11.8. The van der Waals surface area contributed by atoms with E-state index in [0.717, 1.165) is 5.56 Å². The second-order valence-electron chi connectivity index (χ2n) is 6.49. The molecule has 2 N–H and O–H groups in total.